The van der Waals surface area contributed by atoms with Crippen molar-refractivity contribution in [1.29, 1.82) is 0 Å². The maximum Gasteiger partial charge on any atom is 0.198 e. The summed E-state index contributed by atoms with van der Waals surface area (Å²) in [5.74, 6) is -4.97. The van der Waals surface area contributed by atoms with Gasteiger partial charge in [-0.05, 0) is 46.2 Å². The highest BCUT2D eigenvalue weighted by molar-refractivity contribution is 7.68. The normalized spacial score (nSPS) is 15.1. The second-order valence-corrected chi connectivity index (χ2v) is 17.5. The van der Waals surface area contributed by atoms with Crippen LogP contribution < -0.4 is 10.0 Å². The summed E-state index contributed by atoms with van der Waals surface area (Å²) in [5.41, 5.74) is 2.21. The van der Waals surface area contributed by atoms with Crippen molar-refractivity contribution in [3.8, 4) is 17.1 Å². The standard InChI is InChI=1S/C35H41F4N2OP/c1-34(2,3)43(35(4,5)6)26-18-17-24-27(30(37)32(39)31(38)29(24)36)28(26)33-40-25(22-11-9-8-10-12-22)20-41(33)19-21-13-15-23(42-7)16-14-21/h13-18,20,22H,8-12,19H2,1-7H3. The van der Waals surface area contributed by atoms with E-state index in [0.717, 1.165) is 48.0 Å². The summed E-state index contributed by atoms with van der Waals surface area (Å²) in [6, 6.07) is 10.9. The van der Waals surface area contributed by atoms with Crippen molar-refractivity contribution in [3.05, 3.63) is 77.1 Å². The molecule has 8 heteroatoms. The van der Waals surface area contributed by atoms with Gasteiger partial charge >= 0.3 is 0 Å². The van der Waals surface area contributed by atoms with E-state index < -0.39 is 31.2 Å². The monoisotopic (exact) mass is 612 g/mol. The molecule has 3 aromatic carbocycles. The van der Waals surface area contributed by atoms with E-state index in [1.807, 2.05) is 35.0 Å². The van der Waals surface area contributed by atoms with Gasteiger partial charge in [-0.1, -0.05) is 93.0 Å². The van der Waals surface area contributed by atoms with Crippen LogP contribution in [0.4, 0.5) is 17.6 Å². The Hall–Kier alpha value is -2.92. The number of aromatic nitrogens is 2. The van der Waals surface area contributed by atoms with Crippen LogP contribution in [0.5, 0.6) is 5.75 Å². The zero-order chi connectivity index (χ0) is 31.3. The molecule has 4 aromatic rings. The summed E-state index contributed by atoms with van der Waals surface area (Å²) >= 11 is 0. The maximum absolute atomic E-state index is 16.0. The molecule has 0 spiro atoms. The van der Waals surface area contributed by atoms with Crippen molar-refractivity contribution in [3.63, 3.8) is 0 Å². The molecule has 0 amide bonds. The molecule has 3 nitrogen and oxygen atoms in total. The number of halogens is 4. The van der Waals surface area contributed by atoms with Gasteiger partial charge in [0.2, 0.25) is 0 Å². The molecule has 1 aliphatic rings. The van der Waals surface area contributed by atoms with E-state index in [-0.39, 0.29) is 27.0 Å². The molecule has 1 saturated carbocycles. The van der Waals surface area contributed by atoms with Gasteiger partial charge in [0, 0.05) is 35.0 Å². The molecular weight excluding hydrogens is 571 g/mol. The Morgan fingerprint density at radius 2 is 1.42 bits per heavy atom. The molecule has 0 aliphatic heterocycles. The van der Waals surface area contributed by atoms with Crippen molar-refractivity contribution < 1.29 is 22.3 Å². The molecule has 0 bridgehead atoms. The Bertz CT molecular complexity index is 1610. The largest absolute Gasteiger partial charge is 0.497 e. The third-order valence-electron chi connectivity index (χ3n) is 8.35. The van der Waals surface area contributed by atoms with E-state index in [1.54, 1.807) is 13.2 Å². The van der Waals surface area contributed by atoms with Gasteiger partial charge in [-0.25, -0.2) is 22.5 Å². The van der Waals surface area contributed by atoms with E-state index in [4.69, 9.17) is 9.72 Å². The number of ether oxygens (including phenoxy) is 1. The van der Waals surface area contributed by atoms with Crippen LogP contribution in [0.1, 0.15) is 90.8 Å². The smallest absolute Gasteiger partial charge is 0.198 e. The first kappa shape index (κ1) is 31.5. The minimum atomic E-state index is -1.81. The van der Waals surface area contributed by atoms with Crippen molar-refractivity contribution in [2.45, 2.75) is 96.4 Å². The number of imidazole rings is 1. The quantitative estimate of drug-likeness (QED) is 0.0938. The van der Waals surface area contributed by atoms with Crippen molar-refractivity contribution >= 4 is 24.0 Å². The van der Waals surface area contributed by atoms with Crippen LogP contribution in [0.3, 0.4) is 0 Å². The summed E-state index contributed by atoms with van der Waals surface area (Å²) in [7, 11) is 0.557. The van der Waals surface area contributed by atoms with E-state index in [1.165, 1.54) is 12.5 Å². The Morgan fingerprint density at radius 1 is 0.814 bits per heavy atom. The van der Waals surface area contributed by atoms with E-state index >= 15 is 13.2 Å². The fraction of sp³-hybridized carbons (Fsp3) is 0.457. The molecule has 1 aliphatic carbocycles. The third-order valence-corrected chi connectivity index (χ3v) is 11.9. The van der Waals surface area contributed by atoms with Crippen LogP contribution in [-0.2, 0) is 6.54 Å². The van der Waals surface area contributed by atoms with Crippen LogP contribution in [0.15, 0.2) is 42.6 Å². The first-order valence-electron chi connectivity index (χ1n) is 15.0. The highest BCUT2D eigenvalue weighted by Crippen LogP contribution is 2.60. The first-order chi connectivity index (χ1) is 20.2. The second-order valence-electron chi connectivity index (χ2n) is 13.6. The van der Waals surface area contributed by atoms with Gasteiger partial charge in [-0.3, -0.25) is 0 Å². The van der Waals surface area contributed by atoms with E-state index in [2.05, 4.69) is 41.5 Å². The van der Waals surface area contributed by atoms with Crippen LogP contribution in [-0.4, -0.2) is 27.0 Å². The summed E-state index contributed by atoms with van der Waals surface area (Å²) in [4.78, 5) is 5.16. The lowest BCUT2D eigenvalue weighted by Gasteiger charge is -2.42. The first-order valence-corrected chi connectivity index (χ1v) is 16.4. The Labute approximate surface area is 253 Å². The van der Waals surface area contributed by atoms with Crippen LogP contribution in [0.2, 0.25) is 0 Å². The lowest BCUT2D eigenvalue weighted by molar-refractivity contribution is 0.414. The zero-order valence-electron chi connectivity index (χ0n) is 26.1. The average molecular weight is 613 g/mol. The summed E-state index contributed by atoms with van der Waals surface area (Å²) < 4.78 is 68.2. The van der Waals surface area contributed by atoms with Crippen molar-refractivity contribution in [2.24, 2.45) is 0 Å². The Morgan fingerprint density at radius 3 is 2.00 bits per heavy atom. The van der Waals surface area contributed by atoms with Gasteiger partial charge in [-0.2, -0.15) is 0 Å². The van der Waals surface area contributed by atoms with Gasteiger partial charge in [0.15, 0.2) is 23.3 Å². The molecule has 0 atom stereocenters. The number of hydrogen-bond donors (Lipinski definition) is 0. The second kappa shape index (κ2) is 11.9. The maximum atomic E-state index is 16.0. The molecular formula is C35H41F4N2OP. The Balaban J connectivity index is 1.87. The molecule has 1 heterocycles. The Kier molecular flexibility index (Phi) is 8.70. The minimum Gasteiger partial charge on any atom is -0.497 e. The molecule has 0 N–H and O–H groups in total. The number of nitrogens with zero attached hydrogens (tertiary/aromatic N) is 2. The zero-order valence-corrected chi connectivity index (χ0v) is 27.0. The fourth-order valence-electron chi connectivity index (χ4n) is 6.84. The number of methoxy groups -OCH3 is 1. The minimum absolute atomic E-state index is 0.241. The van der Waals surface area contributed by atoms with Crippen molar-refractivity contribution in [2.75, 3.05) is 7.11 Å². The van der Waals surface area contributed by atoms with Gasteiger partial charge in [0.1, 0.15) is 11.6 Å². The number of hydrogen-bond acceptors (Lipinski definition) is 2. The number of benzene rings is 3. The van der Waals surface area contributed by atoms with Crippen LogP contribution in [0, 0.1) is 23.3 Å². The SMILES string of the molecule is COc1ccc(Cn2cc(C3CCCCC3)nc2-c2c(P(C(C)(C)C)C(C)(C)C)ccc3c(F)c(F)c(F)c(F)c23)cc1. The summed E-state index contributed by atoms with van der Waals surface area (Å²) in [5, 5.41) is -0.242. The lowest BCUT2D eigenvalue weighted by atomic mass is 9.87. The number of rotatable bonds is 6. The number of fused-ring (bicyclic) bond motifs is 1. The molecule has 43 heavy (non-hydrogen) atoms. The highest BCUT2D eigenvalue weighted by atomic mass is 31.1. The summed E-state index contributed by atoms with van der Waals surface area (Å²) in [6.07, 6.45) is 7.41. The third kappa shape index (κ3) is 6.07. The predicted molar refractivity (Wildman–Crippen MR) is 169 cm³/mol. The highest BCUT2D eigenvalue weighted by Gasteiger charge is 2.39. The van der Waals surface area contributed by atoms with Gasteiger partial charge in [0.25, 0.3) is 0 Å². The van der Waals surface area contributed by atoms with Crippen LogP contribution in [0.25, 0.3) is 22.2 Å². The molecule has 0 saturated heterocycles. The average Bonchev–Trinajstić information content (AvgIpc) is 3.37. The molecule has 0 radical (unpaired) electrons. The van der Waals surface area contributed by atoms with Gasteiger partial charge in [-0.15, -0.1) is 0 Å². The molecule has 5 rings (SSSR count). The lowest BCUT2D eigenvalue weighted by Crippen LogP contribution is -2.32. The van der Waals surface area contributed by atoms with E-state index in [9.17, 15) is 4.39 Å². The molecule has 1 fully saturated rings. The fourth-order valence-corrected chi connectivity index (χ4v) is 11.0. The molecule has 0 unspecified atom stereocenters. The van der Waals surface area contributed by atoms with Gasteiger partial charge in [0.05, 0.1) is 12.8 Å². The van der Waals surface area contributed by atoms with Crippen LogP contribution >= 0.6 is 7.92 Å². The topological polar surface area (TPSA) is 27.1 Å². The van der Waals surface area contributed by atoms with E-state index in [0.29, 0.717) is 17.9 Å². The molecule has 230 valence electrons. The van der Waals surface area contributed by atoms with Crippen molar-refractivity contribution in [1.82, 2.24) is 9.55 Å². The predicted octanol–water partition coefficient (Wildman–Crippen LogP) is 10.1. The van der Waals surface area contributed by atoms with Gasteiger partial charge < -0.3 is 9.30 Å². The summed E-state index contributed by atoms with van der Waals surface area (Å²) in [6.45, 7) is 13.2. The molecule has 1 aromatic heterocycles.